The first-order chi connectivity index (χ1) is 6.81. The van der Waals surface area contributed by atoms with Crippen molar-refractivity contribution >= 4 is 6.16 Å². The maximum absolute atomic E-state index is 9.79. The maximum Gasteiger partial charge on any atom is 0.506 e. The summed E-state index contributed by atoms with van der Waals surface area (Å²) in [6, 6.07) is 0.675. The molecule has 0 amide bonds. The van der Waals surface area contributed by atoms with E-state index in [1.54, 1.807) is 20.8 Å². The van der Waals surface area contributed by atoms with Crippen molar-refractivity contribution in [2.24, 2.45) is 0 Å². The number of carbonyl (C=O) groups is 1. The van der Waals surface area contributed by atoms with Crippen LogP contribution in [-0.4, -0.2) is 42.5 Å². The Kier molecular flexibility index (Phi) is 6.27. The van der Waals surface area contributed by atoms with Gasteiger partial charge in [-0.1, -0.05) is 0 Å². The molecule has 0 aromatic rings. The van der Waals surface area contributed by atoms with Gasteiger partial charge in [-0.2, -0.15) is 0 Å². The Labute approximate surface area is 91.2 Å². The van der Waals surface area contributed by atoms with Crippen molar-refractivity contribution in [3.63, 3.8) is 0 Å². The van der Waals surface area contributed by atoms with Crippen LogP contribution in [0.15, 0.2) is 0 Å². The molecule has 1 saturated heterocycles. The highest BCUT2D eigenvalue weighted by Crippen LogP contribution is 2.05. The molecule has 0 saturated carbocycles. The molecule has 5 heteroatoms. The Balaban J connectivity index is 0.000000262. The summed E-state index contributed by atoms with van der Waals surface area (Å²) in [5.74, 6) is 0. The van der Waals surface area contributed by atoms with Crippen molar-refractivity contribution in [2.75, 3.05) is 19.6 Å². The lowest BCUT2D eigenvalue weighted by atomic mass is 10.2. The fourth-order valence-electron chi connectivity index (χ4n) is 1.06. The number of carboxylic acid groups (broad SMARTS) is 1. The number of nitrogens with one attached hydrogen (secondary N) is 2. The highest BCUT2D eigenvalue weighted by molar-refractivity contribution is 5.57. The molecule has 5 nitrogen and oxygen atoms in total. The van der Waals surface area contributed by atoms with E-state index in [9.17, 15) is 4.79 Å². The van der Waals surface area contributed by atoms with Gasteiger partial charge >= 0.3 is 6.16 Å². The topological polar surface area (TPSA) is 70.6 Å². The molecule has 1 aliphatic rings. The fraction of sp³-hybridized carbons (Fsp3) is 0.900. The third kappa shape index (κ3) is 11.1. The summed E-state index contributed by atoms with van der Waals surface area (Å²) in [7, 11) is 0. The maximum atomic E-state index is 9.79. The van der Waals surface area contributed by atoms with Gasteiger partial charge in [-0.05, 0) is 27.7 Å². The molecule has 1 aliphatic heterocycles. The molecule has 3 N–H and O–H groups in total. The van der Waals surface area contributed by atoms with Gasteiger partial charge in [0.2, 0.25) is 0 Å². The minimum absolute atomic E-state index is 0.578. The third-order valence-electron chi connectivity index (χ3n) is 1.64. The average Bonchev–Trinajstić information content (AvgIpc) is 2.01. The van der Waals surface area contributed by atoms with E-state index in [2.05, 4.69) is 22.3 Å². The lowest BCUT2D eigenvalue weighted by Crippen LogP contribution is -2.46. The SMILES string of the molecule is CC(C)(C)OC(=O)O.C[C@@H]1CNCCN1. The van der Waals surface area contributed by atoms with Crippen LogP contribution in [0.4, 0.5) is 4.79 Å². The standard InChI is InChI=1S/C5H12N2.C5H10O3/c1-5-4-6-2-3-7-5;1-5(2,3)8-4(6)7/h5-7H,2-4H2,1H3;1-3H3,(H,6,7)/t5-;/m1./s1. The number of ether oxygens (including phenoxy) is 1. The molecule has 1 rings (SSSR count). The van der Waals surface area contributed by atoms with Crippen LogP contribution in [0.5, 0.6) is 0 Å². The van der Waals surface area contributed by atoms with E-state index >= 15 is 0 Å². The third-order valence-corrected chi connectivity index (χ3v) is 1.64. The van der Waals surface area contributed by atoms with Crippen LogP contribution in [0.3, 0.4) is 0 Å². The first-order valence-corrected chi connectivity index (χ1v) is 5.17. The summed E-state index contributed by atoms with van der Waals surface area (Å²) in [5, 5.41) is 14.6. The summed E-state index contributed by atoms with van der Waals surface area (Å²) in [6.45, 7) is 10.6. The molecular formula is C10H22N2O3. The quantitative estimate of drug-likeness (QED) is 0.530. The second-order valence-corrected chi connectivity index (χ2v) is 4.54. The van der Waals surface area contributed by atoms with Crippen LogP contribution < -0.4 is 10.6 Å². The molecule has 0 radical (unpaired) electrons. The average molecular weight is 218 g/mol. The molecule has 15 heavy (non-hydrogen) atoms. The Morgan fingerprint density at radius 1 is 1.40 bits per heavy atom. The molecule has 1 fully saturated rings. The Hall–Kier alpha value is -0.810. The summed E-state index contributed by atoms with van der Waals surface area (Å²) in [6.07, 6.45) is -1.22. The van der Waals surface area contributed by atoms with Gasteiger partial charge < -0.3 is 20.5 Å². The van der Waals surface area contributed by atoms with Gasteiger partial charge in [0.1, 0.15) is 5.60 Å². The second-order valence-electron chi connectivity index (χ2n) is 4.54. The monoisotopic (exact) mass is 218 g/mol. The van der Waals surface area contributed by atoms with Crippen LogP contribution in [-0.2, 0) is 4.74 Å². The molecule has 0 aromatic heterocycles. The van der Waals surface area contributed by atoms with Crippen molar-refractivity contribution in [3.8, 4) is 0 Å². The lowest BCUT2D eigenvalue weighted by molar-refractivity contribution is 0.0150. The second kappa shape index (κ2) is 6.63. The van der Waals surface area contributed by atoms with Gasteiger partial charge in [-0.25, -0.2) is 4.79 Å². The smallest absolute Gasteiger partial charge is 0.450 e. The Morgan fingerprint density at radius 2 is 2.00 bits per heavy atom. The van der Waals surface area contributed by atoms with Gasteiger partial charge in [0.25, 0.3) is 0 Å². The molecule has 1 heterocycles. The molecule has 0 aromatic carbocycles. The minimum atomic E-state index is -1.22. The van der Waals surface area contributed by atoms with Crippen molar-refractivity contribution in [1.82, 2.24) is 10.6 Å². The molecule has 0 unspecified atom stereocenters. The minimum Gasteiger partial charge on any atom is -0.450 e. The van der Waals surface area contributed by atoms with Crippen molar-refractivity contribution < 1.29 is 14.6 Å². The van der Waals surface area contributed by atoms with E-state index in [1.165, 1.54) is 0 Å². The number of hydrogen-bond acceptors (Lipinski definition) is 4. The number of piperazine rings is 1. The first-order valence-electron chi connectivity index (χ1n) is 5.17. The van der Waals surface area contributed by atoms with Gasteiger partial charge in [0.05, 0.1) is 0 Å². The number of rotatable bonds is 0. The molecular weight excluding hydrogens is 196 g/mol. The predicted octanol–water partition coefficient (Wildman–Crippen LogP) is 1.05. The summed E-state index contributed by atoms with van der Waals surface area (Å²) < 4.78 is 4.35. The van der Waals surface area contributed by atoms with Crippen LogP contribution in [0, 0.1) is 0 Å². The zero-order valence-corrected chi connectivity index (χ0v) is 9.96. The van der Waals surface area contributed by atoms with Gasteiger partial charge in [-0.3, -0.25) is 0 Å². The van der Waals surface area contributed by atoms with Crippen LogP contribution in [0.25, 0.3) is 0 Å². The predicted molar refractivity (Wildman–Crippen MR) is 59.2 cm³/mol. The van der Waals surface area contributed by atoms with Gasteiger partial charge in [0.15, 0.2) is 0 Å². The van der Waals surface area contributed by atoms with E-state index in [1.807, 2.05) is 0 Å². The van der Waals surface area contributed by atoms with E-state index in [0.717, 1.165) is 19.6 Å². The van der Waals surface area contributed by atoms with Gasteiger partial charge in [0, 0.05) is 25.7 Å². The summed E-state index contributed by atoms with van der Waals surface area (Å²) >= 11 is 0. The number of hydrogen-bond donors (Lipinski definition) is 3. The highest BCUT2D eigenvalue weighted by atomic mass is 16.7. The zero-order valence-electron chi connectivity index (χ0n) is 9.96. The molecule has 90 valence electrons. The molecule has 0 bridgehead atoms. The zero-order chi connectivity index (χ0) is 11.9. The van der Waals surface area contributed by atoms with Crippen molar-refractivity contribution in [2.45, 2.75) is 39.3 Å². The summed E-state index contributed by atoms with van der Waals surface area (Å²) in [5.41, 5.74) is -0.578. The highest BCUT2D eigenvalue weighted by Gasteiger charge is 2.13. The van der Waals surface area contributed by atoms with Gasteiger partial charge in [-0.15, -0.1) is 0 Å². The molecule has 1 atom stereocenters. The Morgan fingerprint density at radius 3 is 2.13 bits per heavy atom. The normalized spacial score (nSPS) is 21.2. The largest absolute Gasteiger partial charge is 0.506 e. The first kappa shape index (κ1) is 14.2. The van der Waals surface area contributed by atoms with Crippen molar-refractivity contribution in [3.05, 3.63) is 0 Å². The van der Waals surface area contributed by atoms with E-state index in [0.29, 0.717) is 6.04 Å². The molecule has 0 spiro atoms. The van der Waals surface area contributed by atoms with E-state index < -0.39 is 11.8 Å². The fourth-order valence-corrected chi connectivity index (χ4v) is 1.06. The van der Waals surface area contributed by atoms with E-state index in [4.69, 9.17) is 5.11 Å². The molecule has 0 aliphatic carbocycles. The van der Waals surface area contributed by atoms with Crippen LogP contribution >= 0.6 is 0 Å². The van der Waals surface area contributed by atoms with Crippen LogP contribution in [0.2, 0.25) is 0 Å². The van der Waals surface area contributed by atoms with E-state index in [-0.39, 0.29) is 0 Å². The van der Waals surface area contributed by atoms with Crippen molar-refractivity contribution in [1.29, 1.82) is 0 Å². The van der Waals surface area contributed by atoms with Crippen LogP contribution in [0.1, 0.15) is 27.7 Å². The Bertz CT molecular complexity index is 184. The lowest BCUT2D eigenvalue weighted by Gasteiger charge is -2.19. The summed E-state index contributed by atoms with van der Waals surface area (Å²) in [4.78, 5) is 9.79.